The number of ether oxygens (including phenoxy) is 1. The van der Waals surface area contributed by atoms with Crippen LogP contribution in [0.1, 0.15) is 53.9 Å². The average molecular weight is 559 g/mol. The molecule has 0 spiro atoms. The van der Waals surface area contributed by atoms with Crippen LogP contribution in [0.3, 0.4) is 0 Å². The van der Waals surface area contributed by atoms with E-state index in [1.807, 2.05) is 18.2 Å². The van der Waals surface area contributed by atoms with Gasteiger partial charge in [-0.15, -0.1) is 0 Å². The molecule has 9 nitrogen and oxygen atoms in total. The molecule has 41 heavy (non-hydrogen) atoms. The van der Waals surface area contributed by atoms with Crippen molar-refractivity contribution in [2.45, 2.75) is 56.3 Å². The second-order valence-corrected chi connectivity index (χ2v) is 11.1. The molecule has 1 aliphatic heterocycles. The van der Waals surface area contributed by atoms with Gasteiger partial charge in [0.25, 0.3) is 5.91 Å². The Kier molecular flexibility index (Phi) is 7.64. The molecule has 0 bridgehead atoms. The van der Waals surface area contributed by atoms with E-state index in [9.17, 15) is 24.6 Å². The van der Waals surface area contributed by atoms with Crippen LogP contribution in [0.5, 0.6) is 5.75 Å². The summed E-state index contributed by atoms with van der Waals surface area (Å²) in [7, 11) is 0. The van der Waals surface area contributed by atoms with Crippen LogP contribution >= 0.6 is 0 Å². The van der Waals surface area contributed by atoms with Gasteiger partial charge in [-0.1, -0.05) is 55.7 Å². The lowest BCUT2D eigenvalue weighted by molar-refractivity contribution is -0.118. The zero-order valence-corrected chi connectivity index (χ0v) is 22.7. The number of nitrogens with one attached hydrogen (secondary N) is 1. The highest BCUT2D eigenvalue weighted by Gasteiger charge is 2.50. The topological polar surface area (TPSA) is 129 Å². The molecule has 1 fully saturated rings. The monoisotopic (exact) mass is 558 g/mol. The Labute approximate surface area is 237 Å². The third-order valence-electron chi connectivity index (χ3n) is 8.55. The number of aliphatic hydroxyl groups excluding tert-OH is 2. The largest absolute Gasteiger partial charge is 0.486 e. The predicted octanol–water partition coefficient (Wildman–Crippen LogP) is 3.14. The van der Waals surface area contributed by atoms with Crippen LogP contribution in [-0.4, -0.2) is 64.9 Å². The number of hydrogen-bond acceptors (Lipinski definition) is 7. The number of carbonyl (C=O) groups excluding carboxylic acids is 2. The number of benzene rings is 2. The fourth-order valence-electron chi connectivity index (χ4n) is 6.54. The molecular weight excluding hydrogens is 524 g/mol. The first-order valence-electron chi connectivity index (χ1n) is 14.3. The highest BCUT2D eigenvalue weighted by molar-refractivity contribution is 5.98. The van der Waals surface area contributed by atoms with Gasteiger partial charge < -0.3 is 29.6 Å². The fourth-order valence-corrected chi connectivity index (χ4v) is 6.54. The van der Waals surface area contributed by atoms with Crippen LogP contribution < -0.4 is 15.7 Å². The van der Waals surface area contributed by atoms with Gasteiger partial charge in [0.15, 0.2) is 0 Å². The van der Waals surface area contributed by atoms with Crippen molar-refractivity contribution in [3.8, 4) is 5.75 Å². The van der Waals surface area contributed by atoms with Crippen molar-refractivity contribution in [1.82, 2.24) is 10.2 Å². The Morgan fingerprint density at radius 1 is 1.02 bits per heavy atom. The third-order valence-corrected chi connectivity index (χ3v) is 8.55. The molecule has 0 unspecified atom stereocenters. The lowest BCUT2D eigenvalue weighted by Gasteiger charge is -2.42. The summed E-state index contributed by atoms with van der Waals surface area (Å²) in [5, 5.41) is 24.5. The average Bonchev–Trinajstić information content (AvgIpc) is 3.39. The summed E-state index contributed by atoms with van der Waals surface area (Å²) in [4.78, 5) is 42.2. The molecule has 4 atom stereocenters. The van der Waals surface area contributed by atoms with Gasteiger partial charge in [0, 0.05) is 29.6 Å². The summed E-state index contributed by atoms with van der Waals surface area (Å²) < 4.78 is 11.7. The number of nitrogens with zero attached hydrogens (tertiary/aromatic N) is 1. The van der Waals surface area contributed by atoms with Crippen molar-refractivity contribution >= 4 is 22.8 Å². The van der Waals surface area contributed by atoms with Crippen LogP contribution in [0.15, 0.2) is 75.5 Å². The molecule has 1 aromatic heterocycles. The van der Waals surface area contributed by atoms with E-state index in [0.717, 1.165) is 37.7 Å². The van der Waals surface area contributed by atoms with Gasteiger partial charge in [-0.05, 0) is 43.0 Å². The van der Waals surface area contributed by atoms with E-state index in [1.165, 1.54) is 11.0 Å². The van der Waals surface area contributed by atoms with Crippen LogP contribution in [0.2, 0.25) is 0 Å². The van der Waals surface area contributed by atoms with Gasteiger partial charge in [0.1, 0.15) is 29.1 Å². The lowest BCUT2D eigenvalue weighted by Crippen LogP contribution is -2.57. The van der Waals surface area contributed by atoms with Crippen molar-refractivity contribution < 1.29 is 29.0 Å². The fraction of sp³-hybridized carbons (Fsp3) is 0.406. The van der Waals surface area contributed by atoms with Crippen LogP contribution in [-0.2, 0) is 4.79 Å². The van der Waals surface area contributed by atoms with E-state index in [0.29, 0.717) is 28.8 Å². The highest BCUT2D eigenvalue weighted by Crippen LogP contribution is 2.47. The Hall–Kier alpha value is -3.95. The smallest absolute Gasteiger partial charge is 0.349 e. The van der Waals surface area contributed by atoms with Crippen molar-refractivity contribution in [2.24, 2.45) is 5.92 Å². The quantitative estimate of drug-likeness (QED) is 0.380. The van der Waals surface area contributed by atoms with Gasteiger partial charge in [0.05, 0.1) is 18.6 Å². The molecule has 3 aromatic rings. The maximum atomic E-state index is 14.2. The first kappa shape index (κ1) is 27.2. The molecule has 0 radical (unpaired) electrons. The van der Waals surface area contributed by atoms with E-state index in [4.69, 9.17) is 9.15 Å². The van der Waals surface area contributed by atoms with Gasteiger partial charge in [0.2, 0.25) is 5.91 Å². The number of aliphatic hydroxyl groups is 2. The zero-order chi connectivity index (χ0) is 28.5. The summed E-state index contributed by atoms with van der Waals surface area (Å²) in [5.41, 5.74) is 0.647. The van der Waals surface area contributed by atoms with Crippen molar-refractivity contribution in [3.63, 3.8) is 0 Å². The van der Waals surface area contributed by atoms with E-state index < -0.39 is 41.6 Å². The molecule has 2 heterocycles. The highest BCUT2D eigenvalue weighted by atomic mass is 16.5. The lowest BCUT2D eigenvalue weighted by atomic mass is 9.77. The molecule has 6 rings (SSSR count). The molecular formula is C32H34N2O7. The van der Waals surface area contributed by atoms with Crippen molar-refractivity contribution in [3.05, 3.63) is 87.8 Å². The zero-order valence-electron chi connectivity index (χ0n) is 22.7. The van der Waals surface area contributed by atoms with Crippen LogP contribution in [0.25, 0.3) is 11.0 Å². The van der Waals surface area contributed by atoms with E-state index in [2.05, 4.69) is 5.32 Å². The second kappa shape index (κ2) is 11.5. The van der Waals surface area contributed by atoms with Gasteiger partial charge in [-0.25, -0.2) is 4.79 Å². The molecule has 2 aliphatic carbocycles. The molecule has 2 aromatic carbocycles. The molecule has 2 amide bonds. The Bertz CT molecular complexity index is 1540. The number of carbonyl (C=O) groups is 2. The molecule has 0 saturated heterocycles. The number of amides is 2. The minimum atomic E-state index is -1.16. The summed E-state index contributed by atoms with van der Waals surface area (Å²) in [6.07, 6.45) is 4.76. The Balaban J connectivity index is 1.44. The minimum absolute atomic E-state index is 0.0616. The molecule has 1 saturated carbocycles. The summed E-state index contributed by atoms with van der Waals surface area (Å²) in [5.74, 6) is -0.746. The minimum Gasteiger partial charge on any atom is -0.486 e. The van der Waals surface area contributed by atoms with E-state index in [-0.39, 0.29) is 24.6 Å². The summed E-state index contributed by atoms with van der Waals surface area (Å²) in [6.45, 7) is 0.154. The first-order valence-corrected chi connectivity index (χ1v) is 14.3. The SMILES string of the molecule is O=C(NCCO)C1=C[C@@H](N(CC2CCCCC2)C(=O)c2cc3ccccc3oc2=O)[C@H](O)[C@H]2Oc3ccccc3[C@@H]12. The molecule has 214 valence electrons. The number of hydrogen-bond donors (Lipinski definition) is 3. The van der Waals surface area contributed by atoms with Gasteiger partial charge >= 0.3 is 5.63 Å². The summed E-state index contributed by atoms with van der Waals surface area (Å²) in [6, 6.07) is 14.9. The van der Waals surface area contributed by atoms with Crippen LogP contribution in [0, 0.1) is 5.92 Å². The van der Waals surface area contributed by atoms with Gasteiger partial charge in [-0.3, -0.25) is 9.59 Å². The first-order chi connectivity index (χ1) is 20.0. The Morgan fingerprint density at radius 2 is 1.78 bits per heavy atom. The normalized spacial score (nSPS) is 23.7. The standard InChI is InChI=1S/C32H34N2O7/c35-15-14-33-30(37)22-17-24(28(36)29-27(22)21-11-5-7-13-26(21)40-29)34(18-19-8-2-1-3-9-19)31(38)23-16-20-10-4-6-12-25(20)41-32(23)39/h4-7,10-13,16-17,19,24,27-29,35-36H,1-3,8-9,14-15,18H2,(H,33,37)/t24-,27+,28+,29+/m1/s1. The van der Waals surface area contributed by atoms with Crippen molar-refractivity contribution in [1.29, 1.82) is 0 Å². The number of rotatable bonds is 7. The number of fused-ring (bicyclic) bond motifs is 4. The third kappa shape index (κ3) is 5.15. The van der Waals surface area contributed by atoms with E-state index >= 15 is 0 Å². The molecule has 3 N–H and O–H groups in total. The Morgan fingerprint density at radius 3 is 2.59 bits per heavy atom. The molecule has 9 heteroatoms. The van der Waals surface area contributed by atoms with E-state index in [1.54, 1.807) is 36.4 Å². The maximum absolute atomic E-state index is 14.2. The van der Waals surface area contributed by atoms with Crippen LogP contribution in [0.4, 0.5) is 0 Å². The van der Waals surface area contributed by atoms with Gasteiger partial charge in [-0.2, -0.15) is 0 Å². The number of para-hydroxylation sites is 2. The predicted molar refractivity (Wildman–Crippen MR) is 152 cm³/mol. The molecule has 3 aliphatic rings. The van der Waals surface area contributed by atoms with Crippen molar-refractivity contribution in [2.75, 3.05) is 19.7 Å². The summed E-state index contributed by atoms with van der Waals surface area (Å²) >= 11 is 0. The second-order valence-electron chi connectivity index (χ2n) is 11.1. The maximum Gasteiger partial charge on any atom is 0.349 e.